The monoisotopic (exact) mass is 377 g/mol. The molecule has 1 aromatic rings. The predicted octanol–water partition coefficient (Wildman–Crippen LogP) is -0.678. The molecule has 0 saturated heterocycles. The maximum Gasteiger partial charge on any atom is 0.322 e. The summed E-state index contributed by atoms with van der Waals surface area (Å²) < 4.78 is 5.33. The van der Waals surface area contributed by atoms with Crippen LogP contribution in [-0.2, 0) is 19.2 Å². The molecular weight excluding hydrogens is 358 g/mol. The molecule has 0 unspecified atom stereocenters. The van der Waals surface area contributed by atoms with Gasteiger partial charge in [-0.3, -0.25) is 24.0 Å². The first-order chi connectivity index (χ1) is 12.8. The maximum atomic E-state index is 12.1. The number of carbonyl (C=O) groups excluding carboxylic acids is 4. The van der Waals surface area contributed by atoms with E-state index in [2.05, 4.69) is 10.6 Å². The normalized spacial score (nSPS) is 12.6. The van der Waals surface area contributed by atoms with Crippen molar-refractivity contribution in [2.45, 2.75) is 13.3 Å². The number of rotatable bonds is 8. The van der Waals surface area contributed by atoms with Gasteiger partial charge in [0.2, 0.25) is 11.8 Å². The lowest BCUT2D eigenvalue weighted by Crippen LogP contribution is -2.42. The van der Waals surface area contributed by atoms with E-state index < -0.39 is 24.3 Å². The molecule has 0 bridgehead atoms. The second kappa shape index (κ2) is 8.79. The van der Waals surface area contributed by atoms with E-state index in [1.54, 1.807) is 12.1 Å². The minimum Gasteiger partial charge on any atom is -0.482 e. The molecule has 10 heteroatoms. The third-order valence-corrected chi connectivity index (χ3v) is 3.75. The van der Waals surface area contributed by atoms with Crippen molar-refractivity contribution >= 4 is 35.2 Å². The van der Waals surface area contributed by atoms with E-state index in [1.807, 2.05) is 0 Å². The van der Waals surface area contributed by atoms with Gasteiger partial charge in [0.25, 0.3) is 5.91 Å². The molecule has 0 aliphatic carbocycles. The molecule has 1 heterocycles. The summed E-state index contributed by atoms with van der Waals surface area (Å²) in [6.45, 7) is 0.367. The second-order valence-electron chi connectivity index (χ2n) is 5.77. The zero-order valence-corrected chi connectivity index (χ0v) is 14.6. The Kier molecular flexibility index (Phi) is 6.47. The fourth-order valence-corrected chi connectivity index (χ4v) is 2.38. The summed E-state index contributed by atoms with van der Waals surface area (Å²) in [5.41, 5.74) is 0.822. The van der Waals surface area contributed by atoms with Crippen molar-refractivity contribution in [1.82, 2.24) is 10.6 Å². The lowest BCUT2D eigenvalue weighted by molar-refractivity contribution is -0.137. The first kappa shape index (κ1) is 19.9. The molecule has 0 atom stereocenters. The van der Waals surface area contributed by atoms with Crippen molar-refractivity contribution in [2.75, 3.05) is 31.1 Å². The number of aliphatic carboxylic acids is 1. The average molecular weight is 377 g/mol. The highest BCUT2D eigenvalue weighted by atomic mass is 16.5. The number of benzene rings is 1. The summed E-state index contributed by atoms with van der Waals surface area (Å²) in [4.78, 5) is 58.6. The smallest absolute Gasteiger partial charge is 0.322 e. The standard InChI is InChI=1S/C17H19N3O7/c1-10(21)11-2-3-13-12(6-11)20(16(24)9-27-13)5-4-14(22)18-7-15(23)19-8-17(25)26/h2-3,6H,4-5,7-9H2,1H3,(H,18,22)(H,19,23)(H,25,26). The highest BCUT2D eigenvalue weighted by Gasteiger charge is 2.26. The number of carboxylic acid groups (broad SMARTS) is 1. The number of carboxylic acids is 1. The molecule has 1 aliphatic rings. The summed E-state index contributed by atoms with van der Waals surface area (Å²) >= 11 is 0. The van der Waals surface area contributed by atoms with Gasteiger partial charge in [-0.15, -0.1) is 0 Å². The van der Waals surface area contributed by atoms with Crippen LogP contribution in [0.2, 0.25) is 0 Å². The molecule has 144 valence electrons. The minimum absolute atomic E-state index is 0.0408. The topological polar surface area (TPSA) is 142 Å². The third-order valence-electron chi connectivity index (χ3n) is 3.75. The minimum atomic E-state index is -1.19. The van der Waals surface area contributed by atoms with E-state index in [4.69, 9.17) is 9.84 Å². The molecule has 3 amide bonds. The number of amides is 3. The highest BCUT2D eigenvalue weighted by Crippen LogP contribution is 2.33. The number of anilines is 1. The molecular formula is C17H19N3O7. The van der Waals surface area contributed by atoms with E-state index in [9.17, 15) is 24.0 Å². The van der Waals surface area contributed by atoms with Crippen molar-refractivity contribution in [3.05, 3.63) is 23.8 Å². The van der Waals surface area contributed by atoms with Gasteiger partial charge in [-0.25, -0.2) is 0 Å². The van der Waals surface area contributed by atoms with Crippen LogP contribution < -0.4 is 20.3 Å². The molecule has 1 aliphatic heterocycles. The number of nitrogens with zero attached hydrogens (tertiary/aromatic N) is 1. The van der Waals surface area contributed by atoms with Crippen LogP contribution in [0.15, 0.2) is 18.2 Å². The molecule has 3 N–H and O–H groups in total. The Hall–Kier alpha value is -3.43. The summed E-state index contributed by atoms with van der Waals surface area (Å²) in [6, 6.07) is 4.72. The molecule has 10 nitrogen and oxygen atoms in total. The summed E-state index contributed by atoms with van der Waals surface area (Å²) in [6.07, 6.45) is -0.0817. The molecule has 0 aromatic heterocycles. The number of carbonyl (C=O) groups is 5. The quantitative estimate of drug-likeness (QED) is 0.510. The number of Topliss-reactive ketones (excluding diaryl/α,β-unsaturated/α-hetero) is 1. The number of ether oxygens (including phenoxy) is 1. The Labute approximate surface area is 154 Å². The number of hydrogen-bond acceptors (Lipinski definition) is 6. The van der Waals surface area contributed by atoms with E-state index in [1.165, 1.54) is 17.9 Å². The lowest BCUT2D eigenvalue weighted by atomic mass is 10.1. The maximum absolute atomic E-state index is 12.1. The number of fused-ring (bicyclic) bond motifs is 1. The van der Waals surface area contributed by atoms with Gasteiger partial charge in [0.15, 0.2) is 12.4 Å². The van der Waals surface area contributed by atoms with E-state index in [0.717, 1.165) is 0 Å². The Bertz CT molecular complexity index is 791. The molecule has 0 spiro atoms. The van der Waals surface area contributed by atoms with Crippen molar-refractivity contribution in [1.29, 1.82) is 0 Å². The van der Waals surface area contributed by atoms with Gasteiger partial charge >= 0.3 is 5.97 Å². The van der Waals surface area contributed by atoms with Crippen LogP contribution in [0.5, 0.6) is 5.75 Å². The van der Waals surface area contributed by atoms with Gasteiger partial charge in [0.1, 0.15) is 12.3 Å². The average Bonchev–Trinajstić information content (AvgIpc) is 2.63. The van der Waals surface area contributed by atoms with Crippen LogP contribution in [-0.4, -0.2) is 60.8 Å². The zero-order valence-electron chi connectivity index (χ0n) is 14.6. The summed E-state index contributed by atoms with van der Waals surface area (Å²) in [5.74, 6) is -2.39. The Morgan fingerprint density at radius 3 is 2.52 bits per heavy atom. The Balaban J connectivity index is 1.93. The van der Waals surface area contributed by atoms with E-state index >= 15 is 0 Å². The second-order valence-corrected chi connectivity index (χ2v) is 5.77. The summed E-state index contributed by atoms with van der Waals surface area (Å²) in [7, 11) is 0. The molecule has 1 aromatic carbocycles. The van der Waals surface area contributed by atoms with Crippen LogP contribution in [0.4, 0.5) is 5.69 Å². The fraction of sp³-hybridized carbons (Fsp3) is 0.353. The third kappa shape index (κ3) is 5.53. The molecule has 27 heavy (non-hydrogen) atoms. The van der Waals surface area contributed by atoms with Crippen LogP contribution >= 0.6 is 0 Å². The molecule has 0 saturated carbocycles. The van der Waals surface area contributed by atoms with Crippen LogP contribution in [0, 0.1) is 0 Å². The largest absolute Gasteiger partial charge is 0.482 e. The van der Waals surface area contributed by atoms with Gasteiger partial charge in [0.05, 0.1) is 12.2 Å². The van der Waals surface area contributed by atoms with Crippen LogP contribution in [0.1, 0.15) is 23.7 Å². The Morgan fingerprint density at radius 2 is 1.85 bits per heavy atom. The number of nitrogens with one attached hydrogen (secondary N) is 2. The van der Waals surface area contributed by atoms with Crippen molar-refractivity contribution in [2.24, 2.45) is 0 Å². The highest BCUT2D eigenvalue weighted by molar-refractivity contribution is 6.01. The predicted molar refractivity (Wildman–Crippen MR) is 92.6 cm³/mol. The van der Waals surface area contributed by atoms with Gasteiger partial charge in [-0.1, -0.05) is 0 Å². The van der Waals surface area contributed by atoms with Gasteiger partial charge in [-0.2, -0.15) is 0 Å². The SMILES string of the molecule is CC(=O)c1ccc2c(c1)N(CCC(=O)NCC(=O)NCC(=O)O)C(=O)CO2. The Morgan fingerprint density at radius 1 is 1.15 bits per heavy atom. The van der Waals surface area contributed by atoms with E-state index in [-0.39, 0.29) is 37.8 Å². The van der Waals surface area contributed by atoms with Crippen molar-refractivity contribution in [3.8, 4) is 5.75 Å². The van der Waals surface area contributed by atoms with Crippen molar-refractivity contribution < 1.29 is 33.8 Å². The molecule has 0 radical (unpaired) electrons. The first-order valence-corrected chi connectivity index (χ1v) is 8.11. The fourth-order valence-electron chi connectivity index (χ4n) is 2.38. The molecule has 2 rings (SSSR count). The first-order valence-electron chi connectivity index (χ1n) is 8.11. The van der Waals surface area contributed by atoms with Gasteiger partial charge < -0.3 is 25.4 Å². The van der Waals surface area contributed by atoms with Gasteiger partial charge in [0, 0.05) is 18.5 Å². The number of ketones is 1. The van der Waals surface area contributed by atoms with Crippen LogP contribution in [0.3, 0.4) is 0 Å². The summed E-state index contributed by atoms with van der Waals surface area (Å²) in [5, 5.41) is 12.9. The zero-order chi connectivity index (χ0) is 20.0. The number of hydrogen-bond donors (Lipinski definition) is 3. The molecule has 0 fully saturated rings. The van der Waals surface area contributed by atoms with Crippen LogP contribution in [0.25, 0.3) is 0 Å². The van der Waals surface area contributed by atoms with E-state index in [0.29, 0.717) is 17.0 Å². The van der Waals surface area contributed by atoms with Gasteiger partial charge in [-0.05, 0) is 25.1 Å². The lowest BCUT2D eigenvalue weighted by Gasteiger charge is -2.29. The van der Waals surface area contributed by atoms with Crippen molar-refractivity contribution in [3.63, 3.8) is 0 Å².